The summed E-state index contributed by atoms with van der Waals surface area (Å²) in [5, 5.41) is 0. The van der Waals surface area contributed by atoms with Crippen molar-refractivity contribution in [1.82, 2.24) is 0 Å². The van der Waals surface area contributed by atoms with Crippen molar-refractivity contribution in [3.05, 3.63) is 0 Å². The maximum Gasteiger partial charge on any atom is 0.283 e. The Morgan fingerprint density at radius 1 is 1.17 bits per heavy atom. The largest absolute Gasteiger partial charge is 0.327 e. The molecule has 0 saturated carbocycles. The third-order valence-electron chi connectivity index (χ3n) is 4.03. The molecule has 3 aliphatic heterocycles. The molecular weight excluding hydrogens is 248 g/mol. The number of ether oxygens (including phenoxy) is 3. The number of thioether (sulfide) groups is 1. The molecule has 0 spiro atoms. The van der Waals surface area contributed by atoms with E-state index in [0.29, 0.717) is 0 Å². The van der Waals surface area contributed by atoms with Crippen LogP contribution < -0.4 is 0 Å². The first-order chi connectivity index (χ1) is 8.43. The van der Waals surface area contributed by atoms with Crippen LogP contribution in [0.4, 0.5) is 0 Å². The standard InChI is InChI=1S/C14H22O3S/c1-5-7-18-8-6-14-15-9-13(10-16-14,11-17-14)12(2,3)4/h1H,6-11H2,2-4H3. The average molecular weight is 270 g/mol. The second-order valence-electron chi connectivity index (χ2n) is 6.09. The quantitative estimate of drug-likeness (QED) is 0.579. The molecule has 18 heavy (non-hydrogen) atoms. The summed E-state index contributed by atoms with van der Waals surface area (Å²) in [5.41, 5.74) is 0.110. The summed E-state index contributed by atoms with van der Waals surface area (Å²) in [7, 11) is 0. The van der Waals surface area contributed by atoms with E-state index < -0.39 is 5.97 Å². The molecule has 0 amide bonds. The van der Waals surface area contributed by atoms with Crippen LogP contribution in [0.15, 0.2) is 0 Å². The third-order valence-corrected chi connectivity index (χ3v) is 4.90. The fourth-order valence-corrected chi connectivity index (χ4v) is 2.85. The maximum absolute atomic E-state index is 5.87. The Bertz CT molecular complexity index is 315. The predicted octanol–water partition coefficient (Wildman–Crippen LogP) is 2.51. The molecule has 0 aromatic heterocycles. The van der Waals surface area contributed by atoms with Crippen LogP contribution in [-0.2, 0) is 14.2 Å². The van der Waals surface area contributed by atoms with E-state index in [1.54, 1.807) is 11.8 Å². The van der Waals surface area contributed by atoms with Gasteiger partial charge in [0.15, 0.2) is 0 Å². The van der Waals surface area contributed by atoms with Crippen LogP contribution in [0.25, 0.3) is 0 Å². The van der Waals surface area contributed by atoms with Crippen molar-refractivity contribution in [3.8, 4) is 12.3 Å². The Balaban J connectivity index is 1.90. The van der Waals surface area contributed by atoms with Gasteiger partial charge in [-0.3, -0.25) is 0 Å². The summed E-state index contributed by atoms with van der Waals surface area (Å²) in [5.74, 6) is 3.42. The first kappa shape index (κ1) is 14.2. The van der Waals surface area contributed by atoms with E-state index in [2.05, 4.69) is 26.7 Å². The Hall–Kier alpha value is -0.210. The van der Waals surface area contributed by atoms with E-state index in [9.17, 15) is 0 Å². The first-order valence-corrected chi connectivity index (χ1v) is 7.52. The molecule has 3 rings (SSSR count). The molecule has 0 radical (unpaired) electrons. The van der Waals surface area contributed by atoms with E-state index in [-0.39, 0.29) is 10.8 Å². The topological polar surface area (TPSA) is 27.7 Å². The number of fused-ring (bicyclic) bond motifs is 3. The molecule has 2 bridgehead atoms. The first-order valence-electron chi connectivity index (χ1n) is 6.36. The summed E-state index contributed by atoms with van der Waals surface area (Å²) >= 11 is 1.71. The molecule has 0 aromatic rings. The Kier molecular flexibility index (Phi) is 3.99. The molecule has 0 aromatic carbocycles. The average Bonchev–Trinajstić information content (AvgIpc) is 2.36. The highest BCUT2D eigenvalue weighted by atomic mass is 32.2. The zero-order valence-electron chi connectivity index (χ0n) is 11.5. The molecule has 3 nitrogen and oxygen atoms in total. The molecule has 0 aliphatic carbocycles. The molecular formula is C14H22O3S. The highest BCUT2D eigenvalue weighted by molar-refractivity contribution is 7.99. The Morgan fingerprint density at radius 3 is 2.17 bits per heavy atom. The predicted molar refractivity (Wildman–Crippen MR) is 73.3 cm³/mol. The number of rotatable bonds is 4. The molecule has 0 N–H and O–H groups in total. The van der Waals surface area contributed by atoms with Crippen molar-refractivity contribution < 1.29 is 14.2 Å². The van der Waals surface area contributed by atoms with E-state index in [4.69, 9.17) is 20.6 Å². The molecule has 3 heterocycles. The minimum Gasteiger partial charge on any atom is -0.327 e. The highest BCUT2D eigenvalue weighted by Gasteiger charge is 2.56. The van der Waals surface area contributed by atoms with Gasteiger partial charge in [0.1, 0.15) is 0 Å². The van der Waals surface area contributed by atoms with Crippen molar-refractivity contribution in [1.29, 1.82) is 0 Å². The lowest BCUT2D eigenvalue weighted by Crippen LogP contribution is -2.64. The molecule has 102 valence electrons. The minimum atomic E-state index is -0.811. The maximum atomic E-state index is 5.87. The van der Waals surface area contributed by atoms with Gasteiger partial charge in [-0.25, -0.2) is 0 Å². The van der Waals surface area contributed by atoms with Crippen LogP contribution >= 0.6 is 11.8 Å². The Labute approximate surface area is 114 Å². The number of terminal acetylenes is 1. The fourth-order valence-electron chi connectivity index (χ4n) is 2.19. The van der Waals surface area contributed by atoms with Gasteiger partial charge in [0.2, 0.25) is 0 Å². The van der Waals surface area contributed by atoms with E-state index in [1.807, 2.05) is 0 Å². The Morgan fingerprint density at radius 2 is 1.72 bits per heavy atom. The molecule has 0 atom stereocenters. The van der Waals surface area contributed by atoms with Gasteiger partial charge < -0.3 is 14.2 Å². The van der Waals surface area contributed by atoms with Crippen LogP contribution in [-0.4, -0.2) is 37.3 Å². The molecule has 4 heteroatoms. The van der Waals surface area contributed by atoms with Crippen molar-refractivity contribution in [2.24, 2.45) is 10.8 Å². The van der Waals surface area contributed by atoms with Crippen LogP contribution in [0.5, 0.6) is 0 Å². The minimum absolute atomic E-state index is 0.0132. The number of hydrogen-bond donors (Lipinski definition) is 0. The summed E-state index contributed by atoms with van der Waals surface area (Å²) in [6.07, 6.45) is 5.96. The summed E-state index contributed by atoms with van der Waals surface area (Å²) < 4.78 is 17.6. The van der Waals surface area contributed by atoms with Gasteiger partial charge in [0.05, 0.1) is 25.6 Å². The zero-order chi connectivity index (χ0) is 13.3. The molecule has 3 aliphatic rings. The van der Waals surface area contributed by atoms with Crippen LogP contribution in [0.2, 0.25) is 0 Å². The summed E-state index contributed by atoms with van der Waals surface area (Å²) in [6.45, 7) is 8.79. The highest BCUT2D eigenvalue weighted by Crippen LogP contribution is 2.49. The van der Waals surface area contributed by atoms with Crippen LogP contribution in [0, 0.1) is 23.2 Å². The smallest absolute Gasteiger partial charge is 0.283 e. The van der Waals surface area contributed by atoms with Gasteiger partial charge >= 0.3 is 0 Å². The normalized spacial score (nSPS) is 35.4. The monoisotopic (exact) mass is 270 g/mol. The third kappa shape index (κ3) is 2.55. The van der Waals surface area contributed by atoms with Gasteiger partial charge in [-0.15, -0.1) is 18.2 Å². The van der Waals surface area contributed by atoms with Crippen molar-refractivity contribution in [2.75, 3.05) is 31.3 Å². The molecule has 3 saturated heterocycles. The second-order valence-corrected chi connectivity index (χ2v) is 7.19. The van der Waals surface area contributed by atoms with Crippen molar-refractivity contribution >= 4 is 11.8 Å². The van der Waals surface area contributed by atoms with Gasteiger partial charge in [-0.2, -0.15) is 0 Å². The van der Waals surface area contributed by atoms with E-state index >= 15 is 0 Å². The van der Waals surface area contributed by atoms with Crippen LogP contribution in [0.3, 0.4) is 0 Å². The van der Waals surface area contributed by atoms with Crippen molar-refractivity contribution in [2.45, 2.75) is 33.2 Å². The lowest BCUT2D eigenvalue weighted by Gasteiger charge is -2.56. The second kappa shape index (κ2) is 5.05. The zero-order valence-corrected chi connectivity index (χ0v) is 12.3. The number of hydrogen-bond acceptors (Lipinski definition) is 4. The lowest BCUT2D eigenvalue weighted by atomic mass is 9.67. The summed E-state index contributed by atoms with van der Waals surface area (Å²) in [4.78, 5) is 0. The van der Waals surface area contributed by atoms with Gasteiger partial charge in [-0.05, 0) is 5.41 Å². The van der Waals surface area contributed by atoms with E-state index in [1.165, 1.54) is 0 Å². The SMILES string of the molecule is C#CCSCCC12OCC(C(C)(C)C)(CO1)CO2. The van der Waals surface area contributed by atoms with Crippen LogP contribution in [0.1, 0.15) is 27.2 Å². The molecule has 0 unspecified atom stereocenters. The van der Waals surface area contributed by atoms with Crippen molar-refractivity contribution in [3.63, 3.8) is 0 Å². The van der Waals surface area contributed by atoms with E-state index in [0.717, 1.165) is 37.7 Å². The van der Waals surface area contributed by atoms with Gasteiger partial charge in [-0.1, -0.05) is 26.7 Å². The molecule has 3 fully saturated rings. The summed E-state index contributed by atoms with van der Waals surface area (Å²) in [6, 6.07) is 0. The fraction of sp³-hybridized carbons (Fsp3) is 0.857. The van der Waals surface area contributed by atoms with Gasteiger partial charge in [0.25, 0.3) is 5.97 Å². The van der Waals surface area contributed by atoms with Gasteiger partial charge in [0, 0.05) is 17.6 Å². The lowest BCUT2D eigenvalue weighted by molar-refractivity contribution is -0.478.